The molecule has 0 saturated carbocycles. The highest BCUT2D eigenvalue weighted by molar-refractivity contribution is 9.10. The predicted octanol–water partition coefficient (Wildman–Crippen LogP) is 5.88. The Morgan fingerprint density at radius 3 is 2.35 bits per heavy atom. The van der Waals surface area contributed by atoms with Crippen molar-refractivity contribution in [3.8, 4) is 11.4 Å². The quantitative estimate of drug-likeness (QED) is 0.389. The molecule has 1 amide bonds. The summed E-state index contributed by atoms with van der Waals surface area (Å²) in [5.41, 5.74) is 5.66. The van der Waals surface area contributed by atoms with Gasteiger partial charge in [-0.15, -0.1) is 10.2 Å². The third-order valence-corrected chi connectivity index (χ3v) is 5.66. The predicted molar refractivity (Wildman–Crippen MR) is 126 cm³/mol. The van der Waals surface area contributed by atoms with E-state index in [1.807, 2.05) is 37.3 Å². The fourth-order valence-corrected chi connectivity index (χ4v) is 3.72. The zero-order chi connectivity index (χ0) is 22.1. The smallest absolute Gasteiger partial charge is 0.259 e. The molecule has 4 aromatic rings. The van der Waals surface area contributed by atoms with Crippen LogP contribution in [0.2, 0.25) is 0 Å². The third kappa shape index (κ3) is 4.32. The number of hydrogen-bond acceptors (Lipinski definition) is 4. The molecule has 4 rings (SSSR count). The minimum Gasteiger partial charge on any atom is -0.496 e. The number of aromatic nitrogens is 3. The lowest BCUT2D eigenvalue weighted by Crippen LogP contribution is -2.14. The molecule has 0 bridgehead atoms. The number of ether oxygens (including phenoxy) is 1. The van der Waals surface area contributed by atoms with Crippen molar-refractivity contribution in [2.45, 2.75) is 26.7 Å². The normalized spacial score (nSPS) is 11.2. The van der Waals surface area contributed by atoms with E-state index in [1.54, 1.807) is 24.0 Å². The van der Waals surface area contributed by atoms with Crippen LogP contribution in [0.1, 0.15) is 41.3 Å². The largest absolute Gasteiger partial charge is 0.496 e. The summed E-state index contributed by atoms with van der Waals surface area (Å²) in [6.45, 7) is 6.26. The van der Waals surface area contributed by atoms with Crippen molar-refractivity contribution >= 4 is 38.6 Å². The zero-order valence-electron chi connectivity index (χ0n) is 17.8. The van der Waals surface area contributed by atoms with E-state index in [0.717, 1.165) is 21.2 Å². The Hall–Kier alpha value is -3.19. The van der Waals surface area contributed by atoms with Gasteiger partial charge < -0.3 is 10.1 Å². The summed E-state index contributed by atoms with van der Waals surface area (Å²) in [6.07, 6.45) is 0. The number of methoxy groups -OCH3 is 1. The van der Waals surface area contributed by atoms with Gasteiger partial charge in [-0.1, -0.05) is 41.9 Å². The summed E-state index contributed by atoms with van der Waals surface area (Å²) < 4.78 is 6.13. The van der Waals surface area contributed by atoms with Crippen LogP contribution >= 0.6 is 15.9 Å². The molecule has 0 fully saturated rings. The summed E-state index contributed by atoms with van der Waals surface area (Å²) in [5.74, 6) is 0.726. The fourth-order valence-electron chi connectivity index (χ4n) is 3.36. The number of carbonyl (C=O) groups is 1. The molecule has 0 unspecified atom stereocenters. The molecule has 0 saturated heterocycles. The molecule has 0 aliphatic rings. The van der Waals surface area contributed by atoms with Gasteiger partial charge in [0.2, 0.25) is 0 Å². The average Bonchev–Trinajstić information content (AvgIpc) is 3.16. The molecule has 7 heteroatoms. The first-order chi connectivity index (χ1) is 14.9. The Kier molecular flexibility index (Phi) is 5.78. The molecule has 0 atom stereocenters. The average molecular weight is 479 g/mol. The number of carbonyl (C=O) groups excluding carboxylic acids is 1. The molecular weight excluding hydrogens is 456 g/mol. The third-order valence-electron chi connectivity index (χ3n) is 5.17. The Labute approximate surface area is 189 Å². The second-order valence-electron chi connectivity index (χ2n) is 7.69. The Bertz CT molecular complexity index is 1260. The molecule has 0 aliphatic heterocycles. The fraction of sp³-hybridized carbons (Fsp3) is 0.208. The number of benzene rings is 3. The van der Waals surface area contributed by atoms with Gasteiger partial charge in [0.1, 0.15) is 16.8 Å². The van der Waals surface area contributed by atoms with Crippen molar-refractivity contribution in [3.05, 3.63) is 75.8 Å². The van der Waals surface area contributed by atoms with Gasteiger partial charge in [-0.05, 0) is 66.4 Å². The van der Waals surface area contributed by atoms with Crippen molar-refractivity contribution in [1.29, 1.82) is 0 Å². The zero-order valence-corrected chi connectivity index (χ0v) is 19.4. The monoisotopic (exact) mass is 478 g/mol. The minimum atomic E-state index is -0.253. The van der Waals surface area contributed by atoms with Crippen LogP contribution in [-0.2, 0) is 0 Å². The molecule has 0 aliphatic carbocycles. The van der Waals surface area contributed by atoms with E-state index in [2.05, 4.69) is 57.4 Å². The lowest BCUT2D eigenvalue weighted by atomic mass is 10.0. The maximum Gasteiger partial charge on any atom is 0.259 e. The first-order valence-corrected chi connectivity index (χ1v) is 10.8. The second-order valence-corrected chi connectivity index (χ2v) is 8.61. The molecule has 31 heavy (non-hydrogen) atoms. The molecule has 6 nitrogen and oxygen atoms in total. The van der Waals surface area contributed by atoms with E-state index in [1.165, 1.54) is 5.56 Å². The van der Waals surface area contributed by atoms with Crippen molar-refractivity contribution in [2.24, 2.45) is 0 Å². The lowest BCUT2D eigenvalue weighted by molar-refractivity contribution is 0.102. The number of anilines is 1. The number of amides is 1. The number of halogens is 1. The van der Waals surface area contributed by atoms with Crippen molar-refractivity contribution in [1.82, 2.24) is 15.0 Å². The van der Waals surface area contributed by atoms with E-state index in [4.69, 9.17) is 4.74 Å². The number of hydrogen-bond donors (Lipinski definition) is 1. The molecule has 0 radical (unpaired) electrons. The number of fused-ring (bicyclic) bond motifs is 1. The van der Waals surface area contributed by atoms with Gasteiger partial charge >= 0.3 is 0 Å². The standard InChI is InChI=1S/C24H23BrN4O2/c1-14(2)16-5-8-18(9-6-16)29-27-21-11-15(3)20(13-22(21)28-29)26-24(30)19-12-17(25)7-10-23(19)31-4/h5-14H,1-4H3,(H,26,30). The van der Waals surface area contributed by atoms with Gasteiger partial charge in [0.05, 0.1) is 18.4 Å². The topological polar surface area (TPSA) is 69.0 Å². The second kappa shape index (κ2) is 8.51. The summed E-state index contributed by atoms with van der Waals surface area (Å²) in [5, 5.41) is 12.2. The van der Waals surface area contributed by atoms with Crippen LogP contribution in [0.4, 0.5) is 5.69 Å². The molecular formula is C24H23BrN4O2. The summed E-state index contributed by atoms with van der Waals surface area (Å²) >= 11 is 3.41. The van der Waals surface area contributed by atoms with Crippen LogP contribution < -0.4 is 10.1 Å². The molecule has 1 heterocycles. The van der Waals surface area contributed by atoms with E-state index in [-0.39, 0.29) is 5.91 Å². The van der Waals surface area contributed by atoms with Crippen LogP contribution in [-0.4, -0.2) is 28.0 Å². The number of rotatable bonds is 5. The SMILES string of the molecule is COc1ccc(Br)cc1C(=O)Nc1cc2nn(-c3ccc(C(C)C)cc3)nc2cc1C. The molecule has 158 valence electrons. The van der Waals surface area contributed by atoms with Gasteiger partial charge in [-0.25, -0.2) is 0 Å². The Morgan fingerprint density at radius 2 is 1.71 bits per heavy atom. The van der Waals surface area contributed by atoms with Crippen molar-refractivity contribution in [3.63, 3.8) is 0 Å². The van der Waals surface area contributed by atoms with Crippen molar-refractivity contribution in [2.75, 3.05) is 12.4 Å². The van der Waals surface area contributed by atoms with Crippen LogP contribution in [0.3, 0.4) is 0 Å². The minimum absolute atomic E-state index is 0.253. The van der Waals surface area contributed by atoms with Gasteiger partial charge in [0, 0.05) is 10.2 Å². The van der Waals surface area contributed by atoms with Crippen LogP contribution in [0, 0.1) is 6.92 Å². The highest BCUT2D eigenvalue weighted by atomic mass is 79.9. The summed E-state index contributed by atoms with van der Waals surface area (Å²) in [6, 6.07) is 17.3. The van der Waals surface area contributed by atoms with E-state index >= 15 is 0 Å². The number of aryl methyl sites for hydroxylation is 1. The van der Waals surface area contributed by atoms with Crippen LogP contribution in [0.5, 0.6) is 5.75 Å². The van der Waals surface area contributed by atoms with Gasteiger partial charge in [-0.3, -0.25) is 4.79 Å². The summed E-state index contributed by atoms with van der Waals surface area (Å²) in [7, 11) is 1.54. The molecule has 1 aromatic heterocycles. The van der Waals surface area contributed by atoms with Gasteiger partial charge in [0.25, 0.3) is 5.91 Å². The van der Waals surface area contributed by atoms with E-state index in [0.29, 0.717) is 28.4 Å². The van der Waals surface area contributed by atoms with Crippen molar-refractivity contribution < 1.29 is 9.53 Å². The van der Waals surface area contributed by atoms with Gasteiger partial charge in [0.15, 0.2) is 0 Å². The maximum atomic E-state index is 12.9. The summed E-state index contributed by atoms with van der Waals surface area (Å²) in [4.78, 5) is 14.5. The van der Waals surface area contributed by atoms with Crippen LogP contribution in [0.25, 0.3) is 16.7 Å². The maximum absolute atomic E-state index is 12.9. The van der Waals surface area contributed by atoms with E-state index in [9.17, 15) is 4.79 Å². The molecule has 1 N–H and O–H groups in total. The Balaban J connectivity index is 1.65. The number of nitrogens with zero attached hydrogens (tertiary/aromatic N) is 3. The van der Waals surface area contributed by atoms with Crippen LogP contribution in [0.15, 0.2) is 59.1 Å². The van der Waals surface area contributed by atoms with E-state index < -0.39 is 0 Å². The first-order valence-electron chi connectivity index (χ1n) is 9.98. The Morgan fingerprint density at radius 1 is 1.03 bits per heavy atom. The first kappa shape index (κ1) is 21.1. The molecule has 0 spiro atoms. The number of nitrogens with one attached hydrogen (secondary N) is 1. The molecule has 3 aromatic carbocycles. The highest BCUT2D eigenvalue weighted by Crippen LogP contribution is 2.27. The van der Waals surface area contributed by atoms with Gasteiger partial charge in [-0.2, -0.15) is 4.80 Å². The highest BCUT2D eigenvalue weighted by Gasteiger charge is 2.16. The lowest BCUT2D eigenvalue weighted by Gasteiger charge is -2.11.